The molecule has 0 aliphatic carbocycles. The normalized spacial score (nSPS) is 15.5. The number of aliphatic hydroxyl groups is 3. The molecule has 0 fully saturated rings. The minimum atomic E-state index is -0.466. The Morgan fingerprint density at radius 2 is 1.68 bits per heavy atom. The van der Waals surface area contributed by atoms with Gasteiger partial charge in [0.05, 0.1) is 24.9 Å². The zero-order chi connectivity index (χ0) is 21.0. The number of carbonyl (C=O) groups is 1. The molecule has 0 amide bonds. The van der Waals surface area contributed by atoms with E-state index in [1.54, 1.807) is 12.2 Å². The van der Waals surface area contributed by atoms with Crippen molar-refractivity contribution in [2.24, 2.45) is 0 Å². The first-order chi connectivity index (χ1) is 13.5. The maximum absolute atomic E-state index is 11.4. The molecule has 0 aromatic carbocycles. The van der Waals surface area contributed by atoms with Crippen molar-refractivity contribution in [3.63, 3.8) is 0 Å². The molecule has 162 valence electrons. The Bertz CT molecular complexity index is 456. The summed E-state index contributed by atoms with van der Waals surface area (Å²) in [5.41, 5.74) is 0. The number of esters is 1. The van der Waals surface area contributed by atoms with Crippen molar-refractivity contribution in [2.45, 2.75) is 96.4 Å². The van der Waals surface area contributed by atoms with Gasteiger partial charge >= 0.3 is 5.97 Å². The highest BCUT2D eigenvalue weighted by Crippen LogP contribution is 2.09. The summed E-state index contributed by atoms with van der Waals surface area (Å²) in [6.07, 6.45) is 17.0. The highest BCUT2D eigenvalue weighted by atomic mass is 16.5. The van der Waals surface area contributed by atoms with E-state index in [1.165, 1.54) is 0 Å². The highest BCUT2D eigenvalue weighted by Gasteiger charge is 2.06. The molecule has 0 saturated heterocycles. The molecule has 0 aromatic rings. The summed E-state index contributed by atoms with van der Waals surface area (Å²) in [6, 6.07) is 0. The third-order valence-corrected chi connectivity index (χ3v) is 4.28. The number of unbranched alkanes of at least 4 members (excludes halogenated alkanes) is 1. The van der Waals surface area contributed by atoms with Gasteiger partial charge in [-0.2, -0.15) is 0 Å². The van der Waals surface area contributed by atoms with E-state index in [1.807, 2.05) is 38.2 Å². The number of ether oxygens (including phenoxy) is 1. The van der Waals surface area contributed by atoms with Crippen molar-refractivity contribution in [3.05, 3.63) is 36.5 Å². The van der Waals surface area contributed by atoms with Gasteiger partial charge in [0.25, 0.3) is 0 Å². The molecule has 3 atom stereocenters. The lowest BCUT2D eigenvalue weighted by Gasteiger charge is -2.08. The van der Waals surface area contributed by atoms with E-state index < -0.39 is 12.2 Å². The second-order valence-electron chi connectivity index (χ2n) is 7.06. The van der Waals surface area contributed by atoms with E-state index in [-0.39, 0.29) is 12.1 Å². The van der Waals surface area contributed by atoms with Gasteiger partial charge in [0, 0.05) is 6.42 Å². The van der Waals surface area contributed by atoms with Crippen molar-refractivity contribution >= 4 is 5.97 Å². The molecule has 0 bridgehead atoms. The molecule has 28 heavy (non-hydrogen) atoms. The zero-order valence-electron chi connectivity index (χ0n) is 17.6. The SMILES string of the molecule is CCCOC(=O)CCC[C@H](O)CC/C=C/C=C/[C@H](O)CCC/C=C/[C@H](O)CC. The molecule has 5 nitrogen and oxygen atoms in total. The predicted octanol–water partition coefficient (Wildman–Crippen LogP) is 4.22. The molecular formula is C23H40O5. The van der Waals surface area contributed by atoms with Crippen LogP contribution in [0.4, 0.5) is 0 Å². The standard InChI is InChI=1S/C23H40O5/c1-3-19-28-23(27)18-12-17-22(26)15-9-6-5-8-14-21(25)16-11-7-10-13-20(24)4-2/h5-6,8,10,13-14,20-22,24-26H,3-4,7,9,11-12,15-19H2,1-2H3/b6-5+,13-10+,14-8+/t20-,21+,22-/m1/s1. The third kappa shape index (κ3) is 18.0. The van der Waals surface area contributed by atoms with E-state index in [4.69, 9.17) is 4.74 Å². The van der Waals surface area contributed by atoms with Crippen LogP contribution in [0, 0.1) is 0 Å². The Balaban J connectivity index is 3.70. The van der Waals surface area contributed by atoms with Crippen LogP contribution in [0.2, 0.25) is 0 Å². The molecule has 0 aliphatic rings. The Morgan fingerprint density at radius 1 is 0.893 bits per heavy atom. The predicted molar refractivity (Wildman–Crippen MR) is 114 cm³/mol. The summed E-state index contributed by atoms with van der Waals surface area (Å²) < 4.78 is 5.00. The lowest BCUT2D eigenvalue weighted by molar-refractivity contribution is -0.143. The molecular weight excluding hydrogens is 356 g/mol. The number of allylic oxidation sites excluding steroid dienone is 4. The first-order valence-corrected chi connectivity index (χ1v) is 10.7. The van der Waals surface area contributed by atoms with Gasteiger partial charge in [-0.05, 0) is 57.8 Å². The number of rotatable bonds is 17. The van der Waals surface area contributed by atoms with Crippen LogP contribution >= 0.6 is 0 Å². The highest BCUT2D eigenvalue weighted by molar-refractivity contribution is 5.69. The molecule has 3 N–H and O–H groups in total. The van der Waals surface area contributed by atoms with E-state index in [9.17, 15) is 20.1 Å². The van der Waals surface area contributed by atoms with Crippen molar-refractivity contribution in [2.75, 3.05) is 6.61 Å². The molecule has 0 spiro atoms. The second-order valence-corrected chi connectivity index (χ2v) is 7.06. The van der Waals surface area contributed by atoms with Gasteiger partial charge in [-0.1, -0.05) is 50.3 Å². The van der Waals surface area contributed by atoms with E-state index in [2.05, 4.69) is 0 Å². The van der Waals surface area contributed by atoms with E-state index >= 15 is 0 Å². The van der Waals surface area contributed by atoms with Crippen LogP contribution in [0.25, 0.3) is 0 Å². The van der Waals surface area contributed by atoms with Crippen LogP contribution in [0.5, 0.6) is 0 Å². The number of aliphatic hydroxyl groups excluding tert-OH is 3. The number of hydrogen-bond acceptors (Lipinski definition) is 5. The largest absolute Gasteiger partial charge is 0.466 e. The zero-order valence-corrected chi connectivity index (χ0v) is 17.6. The fraction of sp³-hybridized carbons (Fsp3) is 0.696. The lowest BCUT2D eigenvalue weighted by atomic mass is 10.1. The Kier molecular flexibility index (Phi) is 17.9. The Hall–Kier alpha value is -1.43. The summed E-state index contributed by atoms with van der Waals surface area (Å²) in [5.74, 6) is -0.188. The molecule has 5 heteroatoms. The smallest absolute Gasteiger partial charge is 0.305 e. The van der Waals surface area contributed by atoms with Gasteiger partial charge in [0.1, 0.15) is 0 Å². The average Bonchev–Trinajstić information content (AvgIpc) is 2.68. The molecule has 0 unspecified atom stereocenters. The van der Waals surface area contributed by atoms with Crippen molar-refractivity contribution in [3.8, 4) is 0 Å². The summed E-state index contributed by atoms with van der Waals surface area (Å²) >= 11 is 0. The van der Waals surface area contributed by atoms with Gasteiger partial charge in [-0.3, -0.25) is 4.79 Å². The molecule has 0 rings (SSSR count). The minimum Gasteiger partial charge on any atom is -0.466 e. The van der Waals surface area contributed by atoms with Crippen LogP contribution in [-0.4, -0.2) is 46.2 Å². The van der Waals surface area contributed by atoms with Gasteiger partial charge in [-0.25, -0.2) is 0 Å². The van der Waals surface area contributed by atoms with Gasteiger partial charge in [-0.15, -0.1) is 0 Å². The molecule has 0 aliphatic heterocycles. The molecule has 0 saturated carbocycles. The monoisotopic (exact) mass is 396 g/mol. The third-order valence-electron chi connectivity index (χ3n) is 4.28. The Morgan fingerprint density at radius 3 is 2.39 bits per heavy atom. The number of carbonyl (C=O) groups excluding carboxylic acids is 1. The fourth-order valence-electron chi connectivity index (χ4n) is 2.50. The maximum Gasteiger partial charge on any atom is 0.305 e. The average molecular weight is 397 g/mol. The maximum atomic E-state index is 11.4. The first-order valence-electron chi connectivity index (χ1n) is 10.7. The van der Waals surface area contributed by atoms with Gasteiger partial charge in [0.2, 0.25) is 0 Å². The second kappa shape index (κ2) is 18.9. The van der Waals surface area contributed by atoms with Crippen LogP contribution in [0.1, 0.15) is 78.1 Å². The topological polar surface area (TPSA) is 87.0 Å². The first kappa shape index (κ1) is 26.6. The lowest BCUT2D eigenvalue weighted by Crippen LogP contribution is -2.09. The van der Waals surface area contributed by atoms with E-state index in [0.29, 0.717) is 38.7 Å². The Labute approximate surface area is 170 Å². The summed E-state index contributed by atoms with van der Waals surface area (Å²) in [7, 11) is 0. The van der Waals surface area contributed by atoms with Crippen LogP contribution in [0.3, 0.4) is 0 Å². The quantitative estimate of drug-likeness (QED) is 0.148. The fourth-order valence-corrected chi connectivity index (χ4v) is 2.50. The summed E-state index contributed by atoms with van der Waals surface area (Å²) in [5, 5.41) is 29.2. The van der Waals surface area contributed by atoms with Gasteiger partial charge < -0.3 is 20.1 Å². The number of hydrogen-bond donors (Lipinski definition) is 3. The van der Waals surface area contributed by atoms with Crippen molar-refractivity contribution in [1.29, 1.82) is 0 Å². The van der Waals surface area contributed by atoms with Crippen LogP contribution in [-0.2, 0) is 9.53 Å². The van der Waals surface area contributed by atoms with Gasteiger partial charge in [0.15, 0.2) is 0 Å². The van der Waals surface area contributed by atoms with Crippen LogP contribution in [0.15, 0.2) is 36.5 Å². The van der Waals surface area contributed by atoms with Crippen LogP contribution < -0.4 is 0 Å². The molecule has 0 radical (unpaired) electrons. The summed E-state index contributed by atoms with van der Waals surface area (Å²) in [4.78, 5) is 11.4. The molecule has 0 heterocycles. The van der Waals surface area contributed by atoms with E-state index in [0.717, 1.165) is 32.1 Å². The van der Waals surface area contributed by atoms with Crippen molar-refractivity contribution in [1.82, 2.24) is 0 Å². The minimum absolute atomic E-state index is 0.188. The summed E-state index contributed by atoms with van der Waals surface area (Å²) in [6.45, 7) is 4.36. The van der Waals surface area contributed by atoms with Crippen molar-refractivity contribution < 1.29 is 24.9 Å². The molecule has 0 aromatic heterocycles.